The number of carbonyl (C=O) groups excluding carboxylic acids is 1. The Balaban J connectivity index is 2.12. The molecule has 0 saturated carbocycles. The van der Waals surface area contributed by atoms with Crippen LogP contribution in [-0.2, 0) is 4.74 Å². The minimum absolute atomic E-state index is 0.138. The maximum absolute atomic E-state index is 12.2. The monoisotopic (exact) mass is 307 g/mol. The van der Waals surface area contributed by atoms with Crippen LogP contribution in [0.3, 0.4) is 0 Å². The summed E-state index contributed by atoms with van der Waals surface area (Å²) in [5.74, 6) is 0.255. The Hall–Kier alpha value is -0.290. The first kappa shape index (κ1) is 14.1. The molecule has 1 fully saturated rings. The second-order valence-corrected chi connectivity index (χ2v) is 6.07. The summed E-state index contributed by atoms with van der Waals surface area (Å²) < 4.78 is 5.31. The van der Waals surface area contributed by atoms with Crippen LogP contribution in [-0.4, -0.2) is 30.5 Å². The predicted octanol–water partition coefficient (Wildman–Crippen LogP) is 3.23. The van der Waals surface area contributed by atoms with E-state index in [9.17, 15) is 4.79 Å². The molecule has 2 rings (SSSR count). The van der Waals surface area contributed by atoms with Crippen LogP contribution in [0.15, 0.2) is 5.38 Å². The summed E-state index contributed by atoms with van der Waals surface area (Å²) in [5, 5.41) is 5.45. The van der Waals surface area contributed by atoms with Gasteiger partial charge < -0.3 is 10.1 Å². The lowest BCUT2D eigenvalue weighted by Gasteiger charge is -2.36. The van der Waals surface area contributed by atoms with Gasteiger partial charge in [0.25, 0.3) is 5.91 Å². The first-order valence-electron chi connectivity index (χ1n) is 5.78. The standard InChI is InChI=1S/C12H15Cl2NO2S/c1-8-6-18-10(9(8)14)11(16)15-12(7-13)2-4-17-5-3-12/h6H,2-5,7H2,1H3,(H,15,16). The van der Waals surface area contributed by atoms with E-state index in [1.807, 2.05) is 12.3 Å². The average Bonchev–Trinajstić information content (AvgIpc) is 2.71. The third-order valence-electron chi connectivity index (χ3n) is 3.19. The number of hydrogen-bond acceptors (Lipinski definition) is 3. The number of hydrogen-bond donors (Lipinski definition) is 1. The lowest BCUT2D eigenvalue weighted by molar-refractivity contribution is 0.0435. The number of carbonyl (C=O) groups is 1. The van der Waals surface area contributed by atoms with Crippen molar-refractivity contribution in [3.63, 3.8) is 0 Å². The van der Waals surface area contributed by atoms with Gasteiger partial charge in [-0.1, -0.05) is 11.6 Å². The average molecular weight is 308 g/mol. The van der Waals surface area contributed by atoms with Crippen molar-refractivity contribution in [3.05, 3.63) is 20.8 Å². The molecule has 0 radical (unpaired) electrons. The highest BCUT2D eigenvalue weighted by Crippen LogP contribution is 2.29. The summed E-state index contributed by atoms with van der Waals surface area (Å²) >= 11 is 13.5. The number of alkyl halides is 1. The van der Waals surface area contributed by atoms with E-state index in [0.717, 1.165) is 18.4 Å². The van der Waals surface area contributed by atoms with E-state index >= 15 is 0 Å². The second-order valence-electron chi connectivity index (χ2n) is 4.54. The van der Waals surface area contributed by atoms with E-state index in [2.05, 4.69) is 5.32 Å². The number of rotatable bonds is 3. The molecule has 100 valence electrons. The summed E-state index contributed by atoms with van der Waals surface area (Å²) in [4.78, 5) is 12.8. The maximum atomic E-state index is 12.2. The van der Waals surface area contributed by atoms with Crippen LogP contribution in [0.4, 0.5) is 0 Å². The Kier molecular flexibility index (Phi) is 4.54. The van der Waals surface area contributed by atoms with Crippen molar-refractivity contribution < 1.29 is 9.53 Å². The topological polar surface area (TPSA) is 38.3 Å². The molecule has 1 amide bonds. The highest BCUT2D eigenvalue weighted by atomic mass is 35.5. The molecule has 2 heterocycles. The highest BCUT2D eigenvalue weighted by molar-refractivity contribution is 7.13. The molecule has 0 aromatic carbocycles. The number of thiophene rings is 1. The molecule has 0 bridgehead atoms. The third-order valence-corrected chi connectivity index (χ3v) is 5.40. The molecular weight excluding hydrogens is 293 g/mol. The van der Waals surface area contributed by atoms with Crippen molar-refractivity contribution in [2.24, 2.45) is 0 Å². The number of amides is 1. The van der Waals surface area contributed by atoms with Crippen LogP contribution in [0.25, 0.3) is 0 Å². The fraction of sp³-hybridized carbons (Fsp3) is 0.583. The smallest absolute Gasteiger partial charge is 0.263 e. The maximum Gasteiger partial charge on any atom is 0.263 e. The fourth-order valence-corrected chi connectivity index (χ4v) is 3.44. The molecule has 1 aliphatic heterocycles. The molecule has 1 N–H and O–H groups in total. The van der Waals surface area contributed by atoms with Crippen LogP contribution in [0, 0.1) is 6.92 Å². The SMILES string of the molecule is Cc1csc(C(=O)NC2(CCl)CCOCC2)c1Cl. The molecule has 18 heavy (non-hydrogen) atoms. The van der Waals surface area contributed by atoms with Crippen molar-refractivity contribution in [1.29, 1.82) is 0 Å². The van der Waals surface area contributed by atoms with Crippen molar-refractivity contribution >= 4 is 40.4 Å². The Bertz CT molecular complexity index is 441. The summed E-state index contributed by atoms with van der Waals surface area (Å²) in [6, 6.07) is 0. The first-order valence-corrected chi connectivity index (χ1v) is 7.57. The van der Waals surface area contributed by atoms with Gasteiger partial charge in [0.2, 0.25) is 0 Å². The van der Waals surface area contributed by atoms with Crippen molar-refractivity contribution in [2.45, 2.75) is 25.3 Å². The number of halogens is 2. The van der Waals surface area contributed by atoms with Gasteiger partial charge in [-0.2, -0.15) is 0 Å². The second kappa shape index (κ2) is 5.78. The van der Waals surface area contributed by atoms with E-state index < -0.39 is 0 Å². The molecule has 0 unspecified atom stereocenters. The van der Waals surface area contributed by atoms with Gasteiger partial charge in [-0.15, -0.1) is 22.9 Å². The lowest BCUT2D eigenvalue weighted by atomic mass is 9.92. The van der Waals surface area contributed by atoms with Gasteiger partial charge in [-0.3, -0.25) is 4.79 Å². The Morgan fingerprint density at radius 3 is 2.72 bits per heavy atom. The van der Waals surface area contributed by atoms with E-state index in [1.54, 1.807) is 0 Å². The molecule has 0 atom stereocenters. The normalized spacial score (nSPS) is 18.6. The van der Waals surface area contributed by atoms with Gasteiger partial charge in [0.1, 0.15) is 4.88 Å². The molecule has 0 spiro atoms. The minimum Gasteiger partial charge on any atom is -0.381 e. The highest BCUT2D eigenvalue weighted by Gasteiger charge is 2.34. The fourth-order valence-electron chi connectivity index (χ4n) is 1.93. The molecule has 1 aliphatic rings. The van der Waals surface area contributed by atoms with Crippen LogP contribution in [0.2, 0.25) is 5.02 Å². The van der Waals surface area contributed by atoms with Gasteiger partial charge in [0, 0.05) is 19.1 Å². The molecule has 3 nitrogen and oxygen atoms in total. The summed E-state index contributed by atoms with van der Waals surface area (Å²) in [7, 11) is 0. The van der Waals surface area contributed by atoms with Gasteiger partial charge >= 0.3 is 0 Å². The summed E-state index contributed by atoms with van der Waals surface area (Å²) in [6.45, 7) is 3.15. The Morgan fingerprint density at radius 2 is 2.22 bits per heavy atom. The van der Waals surface area contributed by atoms with Crippen LogP contribution in [0.1, 0.15) is 28.1 Å². The largest absolute Gasteiger partial charge is 0.381 e. The summed E-state index contributed by atoms with van der Waals surface area (Å²) in [6.07, 6.45) is 1.48. The van der Waals surface area contributed by atoms with Crippen molar-refractivity contribution in [3.8, 4) is 0 Å². The zero-order valence-corrected chi connectivity index (χ0v) is 12.4. The van der Waals surface area contributed by atoms with Gasteiger partial charge in [-0.05, 0) is 30.7 Å². The minimum atomic E-state index is -0.363. The van der Waals surface area contributed by atoms with E-state index in [0.29, 0.717) is 29.0 Å². The Labute approximate surface area is 120 Å². The van der Waals surface area contributed by atoms with Crippen LogP contribution in [0.5, 0.6) is 0 Å². The molecular formula is C12H15Cl2NO2S. The van der Waals surface area contributed by atoms with Crippen molar-refractivity contribution in [2.75, 3.05) is 19.1 Å². The zero-order chi connectivity index (χ0) is 13.2. The predicted molar refractivity (Wildman–Crippen MR) is 75.0 cm³/mol. The molecule has 1 aromatic heterocycles. The van der Waals surface area contributed by atoms with Gasteiger partial charge in [0.05, 0.1) is 10.6 Å². The third kappa shape index (κ3) is 2.82. The van der Waals surface area contributed by atoms with E-state index in [4.69, 9.17) is 27.9 Å². The number of ether oxygens (including phenoxy) is 1. The quantitative estimate of drug-likeness (QED) is 0.871. The molecule has 0 aliphatic carbocycles. The molecule has 6 heteroatoms. The Morgan fingerprint density at radius 1 is 1.56 bits per heavy atom. The van der Waals surface area contributed by atoms with E-state index in [1.165, 1.54) is 11.3 Å². The van der Waals surface area contributed by atoms with Crippen LogP contribution < -0.4 is 5.32 Å². The summed E-state index contributed by atoms with van der Waals surface area (Å²) in [5.41, 5.74) is 0.566. The number of aryl methyl sites for hydroxylation is 1. The zero-order valence-electron chi connectivity index (χ0n) is 10.1. The van der Waals surface area contributed by atoms with Crippen molar-refractivity contribution in [1.82, 2.24) is 5.32 Å². The van der Waals surface area contributed by atoms with Crippen LogP contribution >= 0.6 is 34.5 Å². The molecule has 1 aromatic rings. The van der Waals surface area contributed by atoms with E-state index in [-0.39, 0.29) is 11.4 Å². The van der Waals surface area contributed by atoms with Gasteiger partial charge in [0.15, 0.2) is 0 Å². The van der Waals surface area contributed by atoms with Gasteiger partial charge in [-0.25, -0.2) is 0 Å². The number of nitrogens with one attached hydrogen (secondary N) is 1. The lowest BCUT2D eigenvalue weighted by Crippen LogP contribution is -2.53. The molecule has 1 saturated heterocycles. The first-order chi connectivity index (χ1) is 8.58.